The summed E-state index contributed by atoms with van der Waals surface area (Å²) >= 11 is 0. The third-order valence-corrected chi connectivity index (χ3v) is 4.58. The Morgan fingerprint density at radius 3 is 2.06 bits per heavy atom. The lowest BCUT2D eigenvalue weighted by molar-refractivity contribution is -0.220. The molecule has 107 valence electrons. The highest BCUT2D eigenvalue weighted by molar-refractivity contribution is 6.57. The monoisotopic (exact) mass is 277 g/mol. The fourth-order valence-electron chi connectivity index (χ4n) is 1.90. The van der Waals surface area contributed by atoms with E-state index in [0.717, 1.165) is 0 Å². The van der Waals surface area contributed by atoms with E-state index in [4.69, 9.17) is 9.47 Å². The van der Waals surface area contributed by atoms with Gasteiger partial charge in [-0.2, -0.15) is 0 Å². The summed E-state index contributed by atoms with van der Waals surface area (Å²) < 4.78 is 11.3. The van der Waals surface area contributed by atoms with Crippen molar-refractivity contribution in [3.8, 4) is 0 Å². The quantitative estimate of drug-likeness (QED) is 0.630. The predicted molar refractivity (Wildman–Crippen MR) is 69.9 cm³/mol. The second kappa shape index (κ2) is 5.98. The topological polar surface area (TPSA) is 79.2 Å². The minimum absolute atomic E-state index is 0.208. The Morgan fingerprint density at radius 2 is 1.61 bits per heavy atom. The Bertz CT molecular complexity index is 266. The minimum atomic E-state index is -1.17. The van der Waals surface area contributed by atoms with Crippen LogP contribution in [-0.4, -0.2) is 66.5 Å². The SMILES string of the molecule is C[Si](C)C1O[C@H](COC(C)(C)C)[C@@H](O)[C@H](O)[C@H]1O. The van der Waals surface area contributed by atoms with E-state index in [1.165, 1.54) is 0 Å². The van der Waals surface area contributed by atoms with E-state index in [2.05, 4.69) is 0 Å². The van der Waals surface area contributed by atoms with Gasteiger partial charge in [0.05, 0.1) is 26.7 Å². The highest BCUT2D eigenvalue weighted by atomic mass is 28.3. The summed E-state index contributed by atoms with van der Waals surface area (Å²) in [5, 5.41) is 29.6. The summed E-state index contributed by atoms with van der Waals surface area (Å²) in [6.45, 7) is 9.97. The van der Waals surface area contributed by atoms with Crippen LogP contribution in [0.3, 0.4) is 0 Å². The van der Waals surface area contributed by atoms with Gasteiger partial charge in [-0.05, 0) is 20.8 Å². The van der Waals surface area contributed by atoms with E-state index >= 15 is 0 Å². The van der Waals surface area contributed by atoms with Gasteiger partial charge in [0.1, 0.15) is 24.4 Å². The molecule has 5 nitrogen and oxygen atoms in total. The standard InChI is InChI=1S/C12H25O5Si/c1-12(2,3)16-6-7-8(13)9(14)10(15)11(17-7)18(4)5/h7-11,13-15H,6H2,1-5H3/t7-,8-,9+,10-,11?/m1/s1. The molecule has 0 aliphatic carbocycles. The molecule has 18 heavy (non-hydrogen) atoms. The molecule has 0 aromatic heterocycles. The third kappa shape index (κ3) is 4.01. The Kier molecular flexibility index (Phi) is 5.34. The molecule has 1 aliphatic heterocycles. The lowest BCUT2D eigenvalue weighted by Crippen LogP contribution is -2.62. The zero-order valence-electron chi connectivity index (χ0n) is 11.8. The first kappa shape index (κ1) is 16.1. The number of hydrogen-bond donors (Lipinski definition) is 3. The number of ether oxygens (including phenoxy) is 2. The number of rotatable bonds is 3. The van der Waals surface area contributed by atoms with Crippen LogP contribution < -0.4 is 0 Å². The minimum Gasteiger partial charge on any atom is -0.388 e. The van der Waals surface area contributed by atoms with E-state index in [1.54, 1.807) is 0 Å². The Labute approximate surface area is 110 Å². The van der Waals surface area contributed by atoms with Gasteiger partial charge in [0.25, 0.3) is 0 Å². The summed E-state index contributed by atoms with van der Waals surface area (Å²) in [5.74, 6) is 0. The number of aliphatic hydroxyl groups is 3. The molecule has 0 amide bonds. The molecule has 1 fully saturated rings. The average Bonchev–Trinajstić information content (AvgIpc) is 2.23. The average molecular weight is 277 g/mol. The van der Waals surface area contributed by atoms with Crippen LogP contribution in [0.2, 0.25) is 13.1 Å². The second-order valence-electron chi connectivity index (χ2n) is 6.07. The zero-order chi connectivity index (χ0) is 14.1. The van der Waals surface area contributed by atoms with E-state index < -0.39 is 33.2 Å². The third-order valence-electron chi connectivity index (χ3n) is 2.96. The second-order valence-corrected chi connectivity index (χ2v) is 8.79. The van der Waals surface area contributed by atoms with Crippen molar-refractivity contribution in [2.75, 3.05) is 6.61 Å². The van der Waals surface area contributed by atoms with Gasteiger partial charge in [0.15, 0.2) is 0 Å². The van der Waals surface area contributed by atoms with Crippen LogP contribution in [0.15, 0.2) is 0 Å². The van der Waals surface area contributed by atoms with Crippen molar-refractivity contribution < 1.29 is 24.8 Å². The first-order valence-electron chi connectivity index (χ1n) is 6.27. The van der Waals surface area contributed by atoms with Crippen molar-refractivity contribution in [3.05, 3.63) is 0 Å². The van der Waals surface area contributed by atoms with Gasteiger partial charge in [-0.3, -0.25) is 0 Å². The van der Waals surface area contributed by atoms with Crippen molar-refractivity contribution in [1.82, 2.24) is 0 Å². The molecule has 6 heteroatoms. The molecule has 0 bridgehead atoms. The van der Waals surface area contributed by atoms with Gasteiger partial charge in [-0.1, -0.05) is 13.1 Å². The largest absolute Gasteiger partial charge is 0.388 e. The molecule has 0 aromatic rings. The fourth-order valence-corrected chi connectivity index (χ4v) is 3.23. The highest BCUT2D eigenvalue weighted by Crippen LogP contribution is 2.24. The van der Waals surface area contributed by atoms with Crippen molar-refractivity contribution in [2.24, 2.45) is 0 Å². The van der Waals surface area contributed by atoms with Gasteiger partial charge in [0, 0.05) is 0 Å². The van der Waals surface area contributed by atoms with Crippen molar-refractivity contribution in [1.29, 1.82) is 0 Å². The summed E-state index contributed by atoms with van der Waals surface area (Å²) in [6, 6.07) is 0. The summed E-state index contributed by atoms with van der Waals surface area (Å²) in [4.78, 5) is 0. The lowest BCUT2D eigenvalue weighted by atomic mass is 10.00. The number of hydrogen-bond acceptors (Lipinski definition) is 5. The first-order chi connectivity index (χ1) is 8.13. The molecular weight excluding hydrogens is 252 g/mol. The maximum absolute atomic E-state index is 9.90. The zero-order valence-corrected chi connectivity index (χ0v) is 12.8. The van der Waals surface area contributed by atoms with E-state index in [0.29, 0.717) is 0 Å². The Balaban J connectivity index is 2.67. The van der Waals surface area contributed by atoms with Crippen molar-refractivity contribution >= 4 is 8.80 Å². The predicted octanol–water partition coefficient (Wildman–Crippen LogP) is -0.0548. The first-order valence-corrected chi connectivity index (χ1v) is 8.85. The smallest absolute Gasteiger partial charge is 0.111 e. The molecule has 1 rings (SSSR count). The molecule has 0 aromatic carbocycles. The van der Waals surface area contributed by atoms with Crippen LogP contribution in [0.4, 0.5) is 0 Å². The number of aliphatic hydroxyl groups excluding tert-OH is 3. The lowest BCUT2D eigenvalue weighted by Gasteiger charge is -2.42. The maximum Gasteiger partial charge on any atom is 0.111 e. The van der Waals surface area contributed by atoms with Gasteiger partial charge >= 0.3 is 0 Å². The summed E-state index contributed by atoms with van der Waals surface area (Å²) in [6.07, 6.45) is -3.89. The van der Waals surface area contributed by atoms with Crippen LogP contribution in [0, 0.1) is 0 Å². The van der Waals surface area contributed by atoms with E-state index in [-0.39, 0.29) is 17.9 Å². The fraction of sp³-hybridized carbons (Fsp3) is 1.00. The molecule has 1 radical (unpaired) electrons. The molecule has 1 saturated heterocycles. The molecular formula is C12H25O5Si. The van der Waals surface area contributed by atoms with E-state index in [1.807, 2.05) is 33.9 Å². The van der Waals surface area contributed by atoms with Crippen LogP contribution >= 0.6 is 0 Å². The van der Waals surface area contributed by atoms with Gasteiger partial charge < -0.3 is 24.8 Å². The van der Waals surface area contributed by atoms with E-state index in [9.17, 15) is 15.3 Å². The molecule has 5 atom stereocenters. The normalized spacial score (nSPS) is 38.2. The van der Waals surface area contributed by atoms with Gasteiger partial charge in [-0.15, -0.1) is 0 Å². The molecule has 0 saturated carbocycles. The summed E-state index contributed by atoms with van der Waals surface area (Å²) in [5.41, 5.74) is -0.715. The molecule has 0 spiro atoms. The van der Waals surface area contributed by atoms with Gasteiger partial charge in [0.2, 0.25) is 0 Å². The Morgan fingerprint density at radius 1 is 1.06 bits per heavy atom. The summed E-state index contributed by atoms with van der Waals surface area (Å²) in [7, 11) is -0.924. The van der Waals surface area contributed by atoms with Crippen LogP contribution in [0.1, 0.15) is 20.8 Å². The Hall–Kier alpha value is 0.0169. The van der Waals surface area contributed by atoms with Crippen molar-refractivity contribution in [2.45, 2.75) is 69.6 Å². The maximum atomic E-state index is 9.90. The van der Waals surface area contributed by atoms with Gasteiger partial charge in [-0.25, -0.2) is 0 Å². The van der Waals surface area contributed by atoms with Crippen LogP contribution in [-0.2, 0) is 9.47 Å². The molecule has 1 aliphatic rings. The molecule has 1 unspecified atom stereocenters. The van der Waals surface area contributed by atoms with Crippen molar-refractivity contribution in [3.63, 3.8) is 0 Å². The molecule has 1 heterocycles. The van der Waals surface area contributed by atoms with Crippen LogP contribution in [0.25, 0.3) is 0 Å². The highest BCUT2D eigenvalue weighted by Gasteiger charge is 2.45. The van der Waals surface area contributed by atoms with Crippen LogP contribution in [0.5, 0.6) is 0 Å². The molecule has 3 N–H and O–H groups in total.